The number of rotatable bonds is 6. The maximum absolute atomic E-state index is 10.7. The van der Waals surface area contributed by atoms with Crippen molar-refractivity contribution >= 4 is 29.5 Å². The van der Waals surface area contributed by atoms with Crippen molar-refractivity contribution in [1.82, 2.24) is 4.90 Å². The molecule has 1 fully saturated rings. The first-order chi connectivity index (χ1) is 7.24. The van der Waals surface area contributed by atoms with Gasteiger partial charge in [-0.1, -0.05) is 0 Å². The van der Waals surface area contributed by atoms with Gasteiger partial charge in [-0.25, -0.2) is 0 Å². The molecule has 0 aromatic rings. The Morgan fingerprint density at radius 1 is 1.67 bits per heavy atom. The molecule has 5 heteroatoms. The van der Waals surface area contributed by atoms with Gasteiger partial charge in [0.05, 0.1) is 6.42 Å². The molecule has 0 bridgehead atoms. The minimum absolute atomic E-state index is 0.253. The highest BCUT2D eigenvalue weighted by molar-refractivity contribution is 7.99. The van der Waals surface area contributed by atoms with E-state index in [4.69, 9.17) is 5.11 Å². The highest BCUT2D eigenvalue weighted by Crippen LogP contribution is 2.19. The predicted octanol–water partition coefficient (Wildman–Crippen LogP) is 1.63. The van der Waals surface area contributed by atoms with Gasteiger partial charge in [-0.15, -0.1) is 0 Å². The number of carbonyl (C=O) groups is 1. The molecule has 1 saturated heterocycles. The maximum Gasteiger partial charge on any atom is 0.304 e. The van der Waals surface area contributed by atoms with Crippen molar-refractivity contribution in [2.45, 2.75) is 18.9 Å². The van der Waals surface area contributed by atoms with E-state index in [9.17, 15) is 4.79 Å². The van der Waals surface area contributed by atoms with Crippen LogP contribution < -0.4 is 0 Å². The van der Waals surface area contributed by atoms with Crippen LogP contribution in [0.1, 0.15) is 12.8 Å². The van der Waals surface area contributed by atoms with Crippen LogP contribution in [-0.4, -0.2) is 58.6 Å². The normalized spacial score (nSPS) is 22.9. The van der Waals surface area contributed by atoms with Crippen molar-refractivity contribution in [3.05, 3.63) is 0 Å². The predicted molar refractivity (Wildman–Crippen MR) is 67.9 cm³/mol. The summed E-state index contributed by atoms with van der Waals surface area (Å²) >= 11 is 3.73. The lowest BCUT2D eigenvalue weighted by Gasteiger charge is -2.34. The van der Waals surface area contributed by atoms with Crippen LogP contribution >= 0.6 is 23.5 Å². The van der Waals surface area contributed by atoms with Gasteiger partial charge in [0.2, 0.25) is 0 Å². The van der Waals surface area contributed by atoms with E-state index in [0.717, 1.165) is 24.6 Å². The second-order valence-electron chi connectivity index (χ2n) is 3.71. The molecule has 0 aromatic carbocycles. The Bertz CT molecular complexity index is 202. The van der Waals surface area contributed by atoms with Crippen molar-refractivity contribution < 1.29 is 9.90 Å². The lowest BCUT2D eigenvalue weighted by molar-refractivity contribution is -0.138. The van der Waals surface area contributed by atoms with Crippen molar-refractivity contribution in [3.8, 4) is 0 Å². The smallest absolute Gasteiger partial charge is 0.304 e. The fourth-order valence-corrected chi connectivity index (χ4v) is 3.33. The third-order valence-corrected chi connectivity index (χ3v) is 4.34. The lowest BCUT2D eigenvalue weighted by atomic mass is 10.2. The number of hydrogen-bond donors (Lipinski definition) is 1. The van der Waals surface area contributed by atoms with Crippen LogP contribution in [0.4, 0.5) is 0 Å². The molecule has 1 unspecified atom stereocenters. The number of carboxylic acids is 1. The largest absolute Gasteiger partial charge is 0.481 e. The Morgan fingerprint density at radius 2 is 2.47 bits per heavy atom. The van der Waals surface area contributed by atoms with Crippen molar-refractivity contribution in [2.75, 3.05) is 36.6 Å². The number of thioether (sulfide) groups is 2. The zero-order chi connectivity index (χ0) is 11.1. The molecule has 0 saturated carbocycles. The summed E-state index contributed by atoms with van der Waals surface area (Å²) in [6, 6.07) is 0.253. The van der Waals surface area contributed by atoms with Gasteiger partial charge in [0.25, 0.3) is 0 Å². The second-order valence-corrected chi connectivity index (χ2v) is 5.84. The van der Waals surface area contributed by atoms with Crippen LogP contribution in [0.15, 0.2) is 0 Å². The minimum atomic E-state index is -0.669. The summed E-state index contributed by atoms with van der Waals surface area (Å²) in [6.07, 6.45) is 3.58. The van der Waals surface area contributed by atoms with Crippen LogP contribution in [0.25, 0.3) is 0 Å². The van der Waals surface area contributed by atoms with Crippen LogP contribution in [-0.2, 0) is 4.79 Å². The monoisotopic (exact) mass is 249 g/mol. The van der Waals surface area contributed by atoms with Gasteiger partial charge in [-0.3, -0.25) is 9.69 Å². The highest BCUT2D eigenvalue weighted by atomic mass is 32.2. The van der Waals surface area contributed by atoms with Gasteiger partial charge in [0.15, 0.2) is 0 Å². The van der Waals surface area contributed by atoms with Crippen LogP contribution in [0.5, 0.6) is 0 Å². The van der Waals surface area contributed by atoms with Crippen molar-refractivity contribution in [3.63, 3.8) is 0 Å². The van der Waals surface area contributed by atoms with Gasteiger partial charge < -0.3 is 5.11 Å². The third-order valence-electron chi connectivity index (χ3n) is 2.55. The average molecular weight is 249 g/mol. The molecule has 15 heavy (non-hydrogen) atoms. The molecule has 1 heterocycles. The molecule has 1 N–H and O–H groups in total. The molecule has 1 atom stereocenters. The lowest BCUT2D eigenvalue weighted by Crippen LogP contribution is -2.44. The molecule has 1 aliphatic heterocycles. The third kappa shape index (κ3) is 5.13. The summed E-state index contributed by atoms with van der Waals surface area (Å²) in [5.41, 5.74) is 0. The van der Waals surface area contributed by atoms with Crippen molar-refractivity contribution in [1.29, 1.82) is 0 Å². The maximum atomic E-state index is 10.7. The van der Waals surface area contributed by atoms with E-state index < -0.39 is 5.97 Å². The topological polar surface area (TPSA) is 40.5 Å². The average Bonchev–Trinajstić information content (AvgIpc) is 2.20. The molecule has 0 amide bonds. The van der Waals surface area contributed by atoms with Gasteiger partial charge in [0, 0.05) is 24.1 Å². The summed E-state index contributed by atoms with van der Waals surface area (Å²) in [4.78, 5) is 13.1. The SMILES string of the molecule is CSCCCN1CCSCC1CC(=O)O. The Hall–Kier alpha value is 0.130. The summed E-state index contributed by atoms with van der Waals surface area (Å²) in [5.74, 6) is 2.63. The molecule has 1 aliphatic rings. The first-order valence-corrected chi connectivity index (χ1v) is 7.81. The number of nitrogens with zero attached hydrogens (tertiary/aromatic N) is 1. The summed E-state index contributed by atoms with van der Waals surface area (Å²) < 4.78 is 0. The molecule has 88 valence electrons. The van der Waals surface area contributed by atoms with Gasteiger partial charge in [-0.05, 0) is 25.0 Å². The molecule has 0 aromatic heterocycles. The van der Waals surface area contributed by atoms with Gasteiger partial charge in [-0.2, -0.15) is 23.5 Å². The number of carboxylic acid groups (broad SMARTS) is 1. The standard InChI is InChI=1S/C10H19NO2S2/c1-14-5-2-3-11-4-6-15-8-9(11)7-10(12)13/h9H,2-8H2,1H3,(H,12,13). The number of aliphatic carboxylic acids is 1. The van der Waals surface area contributed by atoms with E-state index in [1.165, 1.54) is 12.2 Å². The Kier molecular flexibility index (Phi) is 6.52. The molecular weight excluding hydrogens is 230 g/mol. The van der Waals surface area contributed by atoms with Crippen LogP contribution in [0.3, 0.4) is 0 Å². The van der Waals surface area contributed by atoms with Crippen LogP contribution in [0, 0.1) is 0 Å². The van der Waals surface area contributed by atoms with E-state index in [1.54, 1.807) is 0 Å². The Morgan fingerprint density at radius 3 is 3.13 bits per heavy atom. The molecule has 0 aliphatic carbocycles. The number of hydrogen-bond acceptors (Lipinski definition) is 4. The zero-order valence-corrected chi connectivity index (χ0v) is 10.8. The fourth-order valence-electron chi connectivity index (χ4n) is 1.79. The second kappa shape index (κ2) is 7.41. The molecule has 0 radical (unpaired) electrons. The Labute approximate surface area is 100.0 Å². The molecule has 0 spiro atoms. The first kappa shape index (κ1) is 13.2. The fraction of sp³-hybridized carbons (Fsp3) is 0.900. The molecule has 3 nitrogen and oxygen atoms in total. The highest BCUT2D eigenvalue weighted by Gasteiger charge is 2.24. The molecular formula is C10H19NO2S2. The Balaban J connectivity index is 2.32. The van der Waals surface area contributed by atoms with Crippen molar-refractivity contribution in [2.24, 2.45) is 0 Å². The summed E-state index contributed by atoms with van der Waals surface area (Å²) in [7, 11) is 0. The quantitative estimate of drug-likeness (QED) is 0.725. The first-order valence-electron chi connectivity index (χ1n) is 5.26. The van der Waals surface area contributed by atoms with E-state index in [2.05, 4.69) is 11.2 Å². The van der Waals surface area contributed by atoms with Gasteiger partial charge in [0.1, 0.15) is 0 Å². The minimum Gasteiger partial charge on any atom is -0.481 e. The van der Waals surface area contributed by atoms with E-state index in [1.807, 2.05) is 23.5 Å². The van der Waals surface area contributed by atoms with Crippen LogP contribution in [0.2, 0.25) is 0 Å². The molecule has 1 rings (SSSR count). The summed E-state index contributed by atoms with van der Waals surface area (Å²) in [6.45, 7) is 2.11. The zero-order valence-electron chi connectivity index (χ0n) is 9.15. The van der Waals surface area contributed by atoms with E-state index in [-0.39, 0.29) is 6.04 Å². The van der Waals surface area contributed by atoms with E-state index >= 15 is 0 Å². The van der Waals surface area contributed by atoms with E-state index in [0.29, 0.717) is 6.42 Å². The van der Waals surface area contributed by atoms with Gasteiger partial charge >= 0.3 is 5.97 Å². The summed E-state index contributed by atoms with van der Waals surface area (Å²) in [5, 5.41) is 8.82.